The van der Waals surface area contributed by atoms with Crippen LogP contribution in [0.3, 0.4) is 0 Å². The molecule has 0 heterocycles. The molecular formula is C16H25N3O. The fourth-order valence-corrected chi connectivity index (χ4v) is 2.74. The molecular weight excluding hydrogens is 250 g/mol. The Hall–Kier alpha value is -1.55. The molecule has 3 N–H and O–H groups in total. The third kappa shape index (κ3) is 2.80. The maximum absolute atomic E-state index is 12.3. The van der Waals surface area contributed by atoms with Gasteiger partial charge < -0.3 is 16.0 Å². The molecule has 0 saturated heterocycles. The number of carbonyl (C=O) groups is 1. The first kappa shape index (κ1) is 14.9. The molecule has 1 aliphatic rings. The van der Waals surface area contributed by atoms with E-state index in [1.54, 1.807) is 0 Å². The normalized spacial score (nSPS) is 16.4. The predicted molar refractivity (Wildman–Crippen MR) is 84.0 cm³/mol. The maximum atomic E-state index is 12.3. The Morgan fingerprint density at radius 3 is 2.25 bits per heavy atom. The summed E-state index contributed by atoms with van der Waals surface area (Å²) in [6, 6.07) is 8.04. The Bertz CT molecular complexity index is 442. The van der Waals surface area contributed by atoms with Crippen molar-refractivity contribution in [3.63, 3.8) is 0 Å². The molecule has 1 amide bonds. The molecule has 1 aromatic carbocycles. The van der Waals surface area contributed by atoms with Crippen molar-refractivity contribution < 1.29 is 4.79 Å². The third-order valence-electron chi connectivity index (χ3n) is 4.44. The van der Waals surface area contributed by atoms with Gasteiger partial charge in [0.25, 0.3) is 0 Å². The fourth-order valence-electron chi connectivity index (χ4n) is 2.74. The van der Waals surface area contributed by atoms with E-state index in [1.807, 2.05) is 12.1 Å². The molecule has 0 bridgehead atoms. The Morgan fingerprint density at radius 2 is 1.85 bits per heavy atom. The Balaban J connectivity index is 2.02. The van der Waals surface area contributed by atoms with Crippen LogP contribution in [0.25, 0.3) is 0 Å². The number of amides is 1. The summed E-state index contributed by atoms with van der Waals surface area (Å²) in [5.41, 5.74) is 7.47. The number of hydrogen-bond acceptors (Lipinski definition) is 3. The summed E-state index contributed by atoms with van der Waals surface area (Å²) in [7, 11) is 0. The van der Waals surface area contributed by atoms with Gasteiger partial charge in [-0.15, -0.1) is 0 Å². The van der Waals surface area contributed by atoms with Crippen LogP contribution in [0.1, 0.15) is 33.1 Å². The summed E-state index contributed by atoms with van der Waals surface area (Å²) in [4.78, 5) is 14.6. The van der Waals surface area contributed by atoms with Gasteiger partial charge in [0.1, 0.15) is 0 Å². The Labute approximate surface area is 121 Å². The topological polar surface area (TPSA) is 58.4 Å². The first-order valence-electron chi connectivity index (χ1n) is 7.51. The molecule has 2 rings (SSSR count). The lowest BCUT2D eigenvalue weighted by molar-refractivity contribution is -0.129. The van der Waals surface area contributed by atoms with Gasteiger partial charge in [-0.2, -0.15) is 0 Å². The van der Waals surface area contributed by atoms with Gasteiger partial charge in [-0.1, -0.05) is 6.42 Å². The maximum Gasteiger partial charge on any atom is 0.231 e. The zero-order chi connectivity index (χ0) is 14.6. The second kappa shape index (κ2) is 6.27. The van der Waals surface area contributed by atoms with E-state index in [1.165, 1.54) is 5.69 Å². The van der Waals surface area contributed by atoms with Crippen LogP contribution in [0, 0.1) is 5.41 Å². The molecule has 1 saturated carbocycles. The quantitative estimate of drug-likeness (QED) is 0.839. The minimum absolute atomic E-state index is 0.0711. The van der Waals surface area contributed by atoms with Crippen molar-refractivity contribution in [2.45, 2.75) is 33.1 Å². The number of nitrogens with one attached hydrogen (secondary N) is 1. The second-order valence-corrected chi connectivity index (χ2v) is 5.51. The number of nitrogens with two attached hydrogens (primary N) is 1. The van der Waals surface area contributed by atoms with E-state index in [0.29, 0.717) is 6.54 Å². The van der Waals surface area contributed by atoms with Gasteiger partial charge in [-0.3, -0.25) is 4.79 Å². The highest BCUT2D eigenvalue weighted by molar-refractivity contribution is 5.96. The molecule has 4 heteroatoms. The minimum Gasteiger partial charge on any atom is -0.372 e. The lowest BCUT2D eigenvalue weighted by atomic mass is 9.68. The summed E-state index contributed by atoms with van der Waals surface area (Å²) in [5.74, 6) is 0.0711. The molecule has 1 fully saturated rings. The smallest absolute Gasteiger partial charge is 0.231 e. The average molecular weight is 275 g/mol. The first-order chi connectivity index (χ1) is 9.65. The second-order valence-electron chi connectivity index (χ2n) is 5.51. The molecule has 1 aliphatic carbocycles. The third-order valence-corrected chi connectivity index (χ3v) is 4.44. The van der Waals surface area contributed by atoms with Crippen LogP contribution in [0.2, 0.25) is 0 Å². The number of benzene rings is 1. The van der Waals surface area contributed by atoms with E-state index in [-0.39, 0.29) is 11.3 Å². The molecule has 20 heavy (non-hydrogen) atoms. The molecule has 0 aromatic heterocycles. The zero-order valence-corrected chi connectivity index (χ0v) is 12.5. The van der Waals surface area contributed by atoms with Crippen LogP contribution in [0.15, 0.2) is 24.3 Å². The number of hydrogen-bond donors (Lipinski definition) is 2. The Morgan fingerprint density at radius 1 is 1.25 bits per heavy atom. The summed E-state index contributed by atoms with van der Waals surface area (Å²) in [6.07, 6.45) is 2.92. The van der Waals surface area contributed by atoms with Gasteiger partial charge in [-0.25, -0.2) is 0 Å². The van der Waals surface area contributed by atoms with Crippen LogP contribution < -0.4 is 16.0 Å². The van der Waals surface area contributed by atoms with Crippen LogP contribution in [0.5, 0.6) is 0 Å². The van der Waals surface area contributed by atoms with Crippen LogP contribution in [-0.2, 0) is 4.79 Å². The minimum atomic E-state index is -0.322. The average Bonchev–Trinajstić information content (AvgIpc) is 2.41. The largest absolute Gasteiger partial charge is 0.372 e. The van der Waals surface area contributed by atoms with Gasteiger partial charge in [0, 0.05) is 31.0 Å². The Kier molecular flexibility index (Phi) is 4.65. The number of rotatable bonds is 6. The van der Waals surface area contributed by atoms with Crippen molar-refractivity contribution in [3.05, 3.63) is 24.3 Å². The number of carbonyl (C=O) groups excluding carboxylic acids is 1. The van der Waals surface area contributed by atoms with E-state index in [0.717, 1.165) is 38.0 Å². The highest BCUT2D eigenvalue weighted by Crippen LogP contribution is 2.40. The van der Waals surface area contributed by atoms with E-state index in [9.17, 15) is 4.79 Å². The molecule has 0 radical (unpaired) electrons. The highest BCUT2D eigenvalue weighted by atomic mass is 16.2. The highest BCUT2D eigenvalue weighted by Gasteiger charge is 2.42. The van der Waals surface area contributed by atoms with Gasteiger partial charge >= 0.3 is 0 Å². The van der Waals surface area contributed by atoms with Crippen molar-refractivity contribution in [2.24, 2.45) is 11.1 Å². The van der Waals surface area contributed by atoms with E-state index < -0.39 is 0 Å². The van der Waals surface area contributed by atoms with Crippen LogP contribution in [0.4, 0.5) is 11.4 Å². The van der Waals surface area contributed by atoms with Crippen molar-refractivity contribution in [3.8, 4) is 0 Å². The monoisotopic (exact) mass is 275 g/mol. The van der Waals surface area contributed by atoms with Gasteiger partial charge in [-0.05, 0) is 51.0 Å². The van der Waals surface area contributed by atoms with E-state index in [2.05, 4.69) is 36.2 Å². The molecule has 0 spiro atoms. The lowest BCUT2D eigenvalue weighted by Crippen LogP contribution is -2.47. The molecule has 0 atom stereocenters. The molecule has 0 aliphatic heterocycles. The molecule has 1 aromatic rings. The first-order valence-corrected chi connectivity index (χ1v) is 7.51. The molecule has 110 valence electrons. The van der Waals surface area contributed by atoms with E-state index >= 15 is 0 Å². The predicted octanol–water partition coefficient (Wildman–Crippen LogP) is 2.60. The van der Waals surface area contributed by atoms with Crippen molar-refractivity contribution >= 4 is 17.3 Å². The fraction of sp³-hybridized carbons (Fsp3) is 0.562. The zero-order valence-electron chi connectivity index (χ0n) is 12.5. The van der Waals surface area contributed by atoms with Crippen LogP contribution in [-0.4, -0.2) is 25.5 Å². The standard InChI is InChI=1S/C16H25N3O/c1-3-19(4-2)14-8-6-13(7-9-14)18-15(20)16(12-17)10-5-11-16/h6-9H,3-5,10-12,17H2,1-2H3,(H,18,20). The molecule has 0 unspecified atom stereocenters. The summed E-state index contributed by atoms with van der Waals surface area (Å²) < 4.78 is 0. The van der Waals surface area contributed by atoms with Crippen molar-refractivity contribution in [1.29, 1.82) is 0 Å². The SMILES string of the molecule is CCN(CC)c1ccc(NC(=O)C2(CN)CCC2)cc1. The lowest BCUT2D eigenvalue weighted by Gasteiger charge is -2.39. The van der Waals surface area contributed by atoms with E-state index in [4.69, 9.17) is 5.73 Å². The van der Waals surface area contributed by atoms with Crippen molar-refractivity contribution in [1.82, 2.24) is 0 Å². The van der Waals surface area contributed by atoms with Gasteiger partial charge in [0.15, 0.2) is 0 Å². The summed E-state index contributed by atoms with van der Waals surface area (Å²) in [5, 5.41) is 3.00. The summed E-state index contributed by atoms with van der Waals surface area (Å²) >= 11 is 0. The van der Waals surface area contributed by atoms with Crippen LogP contribution >= 0.6 is 0 Å². The molecule has 4 nitrogen and oxygen atoms in total. The summed E-state index contributed by atoms with van der Waals surface area (Å²) in [6.45, 7) is 6.69. The van der Waals surface area contributed by atoms with Crippen molar-refractivity contribution in [2.75, 3.05) is 29.9 Å². The van der Waals surface area contributed by atoms with Gasteiger partial charge in [0.05, 0.1) is 5.41 Å². The van der Waals surface area contributed by atoms with Gasteiger partial charge in [0.2, 0.25) is 5.91 Å². The number of anilines is 2. The number of nitrogens with zero attached hydrogens (tertiary/aromatic N) is 1.